The number of imide groups is 2. The molecule has 346 valence electrons. The number of fused-ring (bicyclic) bond motifs is 1. The molecule has 3 rings (SSSR count). The van der Waals surface area contributed by atoms with Crippen LogP contribution in [0.1, 0.15) is 33.6 Å². The summed E-state index contributed by atoms with van der Waals surface area (Å²) in [7, 11) is 0. The van der Waals surface area contributed by atoms with Gasteiger partial charge in [-0.05, 0) is 18.6 Å². The van der Waals surface area contributed by atoms with E-state index in [0.717, 1.165) is 4.90 Å². The van der Waals surface area contributed by atoms with E-state index in [-0.39, 0.29) is 24.0 Å². The maximum Gasteiger partial charge on any atom is 0.264 e. The van der Waals surface area contributed by atoms with Gasteiger partial charge >= 0.3 is 0 Å². The third-order valence-corrected chi connectivity index (χ3v) is 8.59. The monoisotopic (exact) mass is 871 g/mol. The van der Waals surface area contributed by atoms with E-state index in [1.54, 1.807) is 18.2 Å². The Labute approximate surface area is 357 Å². The molecule has 1 atom stereocenters. The van der Waals surface area contributed by atoms with Crippen LogP contribution >= 0.6 is 0 Å². The van der Waals surface area contributed by atoms with E-state index in [4.69, 9.17) is 61.6 Å². The number of nitrogens with one attached hydrogen (secondary N) is 2. The van der Waals surface area contributed by atoms with Crippen LogP contribution in [-0.4, -0.2) is 206 Å². The fraction of sp³-hybridized carbons (Fsp3) is 0.707. The first-order valence-electron chi connectivity index (χ1n) is 20.8. The van der Waals surface area contributed by atoms with Gasteiger partial charge in [0.05, 0.1) is 176 Å². The number of amides is 4. The van der Waals surface area contributed by atoms with Gasteiger partial charge in [0, 0.05) is 18.7 Å². The number of carbonyl (C=O) groups is 4. The lowest BCUT2D eigenvalue weighted by Gasteiger charge is -2.27. The van der Waals surface area contributed by atoms with Crippen LogP contribution in [0.5, 0.6) is 0 Å². The van der Waals surface area contributed by atoms with Gasteiger partial charge < -0.3 is 66.9 Å². The lowest BCUT2D eigenvalue weighted by atomic mass is 10.0. The maximum absolute atomic E-state index is 13.2. The van der Waals surface area contributed by atoms with Crippen LogP contribution in [0.25, 0.3) is 0 Å². The molecular formula is C41H65N3O17. The molecule has 0 aromatic heterocycles. The lowest BCUT2D eigenvalue weighted by Crippen LogP contribution is -2.54. The fourth-order valence-corrected chi connectivity index (χ4v) is 5.63. The quantitative estimate of drug-likeness (QED) is 0.0529. The summed E-state index contributed by atoms with van der Waals surface area (Å²) in [5, 5.41) is 5.33. The number of nitrogens with zero attached hydrogens (tertiary/aromatic N) is 1. The second-order valence-corrected chi connectivity index (χ2v) is 13.0. The highest BCUT2D eigenvalue weighted by atomic mass is 16.6. The van der Waals surface area contributed by atoms with E-state index in [1.165, 1.54) is 6.26 Å². The minimum atomic E-state index is -1.01. The van der Waals surface area contributed by atoms with Crippen LogP contribution in [0, 0.1) is 0 Å². The molecule has 0 bridgehead atoms. The molecule has 61 heavy (non-hydrogen) atoms. The average molecular weight is 872 g/mol. The van der Waals surface area contributed by atoms with Gasteiger partial charge in [0.1, 0.15) is 12.6 Å². The summed E-state index contributed by atoms with van der Waals surface area (Å²) in [5.41, 5.74) is 0.900. The molecule has 20 nitrogen and oxygen atoms in total. The Bertz CT molecular complexity index is 1370. The molecule has 20 heteroatoms. The number of hydrogen-bond donors (Lipinski definition) is 2. The summed E-state index contributed by atoms with van der Waals surface area (Å²) >= 11 is 0. The van der Waals surface area contributed by atoms with Crippen molar-refractivity contribution in [1.29, 1.82) is 0 Å². The van der Waals surface area contributed by atoms with Crippen molar-refractivity contribution in [3.8, 4) is 0 Å². The van der Waals surface area contributed by atoms with Crippen LogP contribution < -0.4 is 10.6 Å². The normalized spacial score (nSPS) is 15.1. The molecule has 0 radical (unpaired) electrons. The number of rotatable bonds is 42. The van der Waals surface area contributed by atoms with E-state index in [9.17, 15) is 19.2 Å². The number of piperidine rings is 1. The van der Waals surface area contributed by atoms with Crippen LogP contribution in [0.15, 0.2) is 31.0 Å². The second kappa shape index (κ2) is 34.9. The molecule has 2 aliphatic rings. The number of ether oxygens (including phenoxy) is 13. The van der Waals surface area contributed by atoms with Crippen molar-refractivity contribution in [2.24, 2.45) is 0 Å². The van der Waals surface area contributed by atoms with Gasteiger partial charge in [-0.25, -0.2) is 0 Å². The van der Waals surface area contributed by atoms with Crippen LogP contribution in [0.4, 0.5) is 5.69 Å². The standard InChI is InChI=1S/C41H65N3O17/c1-2-49-10-11-51-14-15-53-18-19-55-22-23-57-26-27-59-30-31-61-33-32-60-29-28-58-25-24-56-21-20-54-17-16-52-13-12-50-9-8-42-35-5-3-4-34-38(35)41(48)44(40(34)47)36-6-7-37(45)43-39(36)46/h2-5,36,42H,1,6-33H2,(H,43,45,46). The fourth-order valence-electron chi connectivity index (χ4n) is 5.63. The summed E-state index contributed by atoms with van der Waals surface area (Å²) in [5.74, 6) is -2.18. The van der Waals surface area contributed by atoms with Gasteiger partial charge in [-0.1, -0.05) is 12.6 Å². The van der Waals surface area contributed by atoms with Crippen molar-refractivity contribution < 1.29 is 80.8 Å². The Morgan fingerprint density at radius 1 is 0.541 bits per heavy atom. The molecule has 4 amide bonds. The molecule has 2 heterocycles. The molecule has 0 spiro atoms. The highest BCUT2D eigenvalue weighted by Crippen LogP contribution is 2.32. The summed E-state index contributed by atoms with van der Waals surface area (Å²) in [6.45, 7) is 15.4. The zero-order valence-electron chi connectivity index (χ0n) is 35.3. The number of carbonyl (C=O) groups excluding carboxylic acids is 4. The minimum absolute atomic E-state index is 0.0632. The van der Waals surface area contributed by atoms with Gasteiger partial charge in [-0.2, -0.15) is 0 Å². The molecule has 2 N–H and O–H groups in total. The molecule has 1 aromatic rings. The maximum atomic E-state index is 13.2. The Morgan fingerprint density at radius 2 is 0.918 bits per heavy atom. The predicted molar refractivity (Wildman–Crippen MR) is 218 cm³/mol. The smallest absolute Gasteiger partial charge is 0.264 e. The van der Waals surface area contributed by atoms with Crippen molar-refractivity contribution in [3.63, 3.8) is 0 Å². The third-order valence-electron chi connectivity index (χ3n) is 8.59. The van der Waals surface area contributed by atoms with E-state index in [2.05, 4.69) is 17.2 Å². The Kier molecular flexibility index (Phi) is 29.6. The number of anilines is 1. The highest BCUT2D eigenvalue weighted by Gasteiger charge is 2.45. The predicted octanol–water partition coefficient (Wildman–Crippen LogP) is 0.859. The highest BCUT2D eigenvalue weighted by molar-refractivity contribution is 6.25. The number of hydrogen-bond acceptors (Lipinski definition) is 18. The first kappa shape index (κ1) is 51.7. The lowest BCUT2D eigenvalue weighted by molar-refractivity contribution is -0.136. The number of benzene rings is 1. The zero-order valence-corrected chi connectivity index (χ0v) is 35.3. The summed E-state index contributed by atoms with van der Waals surface area (Å²) in [4.78, 5) is 50.9. The van der Waals surface area contributed by atoms with Crippen molar-refractivity contribution in [1.82, 2.24) is 10.2 Å². The molecule has 1 saturated heterocycles. The van der Waals surface area contributed by atoms with Crippen LogP contribution in [-0.2, 0) is 71.2 Å². The Hall–Kier alpha value is -3.64. The minimum Gasteiger partial charge on any atom is -0.499 e. The molecule has 1 unspecified atom stereocenters. The molecule has 0 saturated carbocycles. The van der Waals surface area contributed by atoms with Gasteiger partial charge in [-0.3, -0.25) is 29.4 Å². The van der Waals surface area contributed by atoms with Crippen molar-refractivity contribution in [2.75, 3.05) is 177 Å². The van der Waals surface area contributed by atoms with Gasteiger partial charge in [0.25, 0.3) is 11.8 Å². The average Bonchev–Trinajstić information content (AvgIpc) is 3.51. The topological polar surface area (TPSA) is 216 Å². The van der Waals surface area contributed by atoms with Crippen molar-refractivity contribution >= 4 is 29.3 Å². The zero-order chi connectivity index (χ0) is 43.4. The largest absolute Gasteiger partial charge is 0.499 e. The van der Waals surface area contributed by atoms with Crippen molar-refractivity contribution in [2.45, 2.75) is 18.9 Å². The first-order chi connectivity index (χ1) is 30.0. The third kappa shape index (κ3) is 22.9. The van der Waals surface area contributed by atoms with E-state index in [0.29, 0.717) is 177 Å². The van der Waals surface area contributed by atoms with Gasteiger partial charge in [0.2, 0.25) is 11.8 Å². The van der Waals surface area contributed by atoms with Gasteiger partial charge in [0.15, 0.2) is 0 Å². The summed E-state index contributed by atoms with van der Waals surface area (Å²) < 4.78 is 70.7. The molecule has 0 aliphatic carbocycles. The molecule has 1 fully saturated rings. The molecule has 1 aromatic carbocycles. The summed E-state index contributed by atoms with van der Waals surface area (Å²) in [6.07, 6.45) is 1.55. The van der Waals surface area contributed by atoms with Crippen LogP contribution in [0.3, 0.4) is 0 Å². The second-order valence-electron chi connectivity index (χ2n) is 13.0. The van der Waals surface area contributed by atoms with Gasteiger partial charge in [-0.15, -0.1) is 0 Å². The molecule has 2 aliphatic heterocycles. The SMILES string of the molecule is C=COCCOCCOCCOCCOCCOCCOCCOCCOCCOCCOCCOCCOCCNc1cccc2c1C(=O)N(C1CCC(=O)NC1=O)C2=O. The van der Waals surface area contributed by atoms with E-state index < -0.39 is 29.7 Å². The first-order valence-corrected chi connectivity index (χ1v) is 20.8. The van der Waals surface area contributed by atoms with E-state index in [1.807, 2.05) is 0 Å². The van der Waals surface area contributed by atoms with Crippen LogP contribution in [0.2, 0.25) is 0 Å². The Balaban J connectivity index is 0.969. The Morgan fingerprint density at radius 3 is 1.30 bits per heavy atom. The molecular weight excluding hydrogens is 806 g/mol. The summed E-state index contributed by atoms with van der Waals surface area (Å²) in [6, 6.07) is 3.90. The van der Waals surface area contributed by atoms with Crippen molar-refractivity contribution in [3.05, 3.63) is 42.2 Å². The van der Waals surface area contributed by atoms with E-state index >= 15 is 0 Å².